The third-order valence-electron chi connectivity index (χ3n) is 4.48. The summed E-state index contributed by atoms with van der Waals surface area (Å²) >= 11 is 0. The number of aryl methyl sites for hydroxylation is 1. The molecular weight excluding hydrogens is 256 g/mol. The highest BCUT2D eigenvalue weighted by Crippen LogP contribution is 2.32. The number of ether oxygens (including phenoxy) is 1. The van der Waals surface area contributed by atoms with Crippen molar-refractivity contribution in [1.82, 2.24) is 0 Å². The van der Waals surface area contributed by atoms with Gasteiger partial charge in [-0.3, -0.25) is 0 Å². The van der Waals surface area contributed by atoms with Crippen LogP contribution < -0.4 is 4.74 Å². The predicted molar refractivity (Wildman–Crippen MR) is 93.6 cm³/mol. The Bertz CT molecular complexity index is 420. The molecule has 0 N–H and O–H groups in total. The van der Waals surface area contributed by atoms with Crippen LogP contribution in [0.1, 0.15) is 81.5 Å². The number of unbranched alkanes of at least 4 members (excludes halogenated alkanes) is 3. The van der Waals surface area contributed by atoms with Crippen LogP contribution in [0.3, 0.4) is 0 Å². The molecule has 1 heteroatoms. The SMILES string of the molecule is CCCCc1cc(OC)c(CCCC)c(C)c1CCCC. The van der Waals surface area contributed by atoms with Gasteiger partial charge in [0.25, 0.3) is 0 Å². The molecule has 1 aromatic rings. The third kappa shape index (κ3) is 5.05. The Morgan fingerprint density at radius 1 is 0.810 bits per heavy atom. The predicted octanol–water partition coefficient (Wildman–Crippen LogP) is 6.03. The van der Waals surface area contributed by atoms with Crippen molar-refractivity contribution in [3.63, 3.8) is 0 Å². The molecule has 0 aliphatic rings. The molecule has 0 aliphatic carbocycles. The first-order valence-corrected chi connectivity index (χ1v) is 8.87. The third-order valence-corrected chi connectivity index (χ3v) is 4.48. The zero-order chi connectivity index (χ0) is 15.7. The normalized spacial score (nSPS) is 10.9. The van der Waals surface area contributed by atoms with E-state index in [0.717, 1.165) is 12.2 Å². The first-order chi connectivity index (χ1) is 10.2. The van der Waals surface area contributed by atoms with Gasteiger partial charge in [0.2, 0.25) is 0 Å². The van der Waals surface area contributed by atoms with E-state index in [1.807, 2.05) is 7.11 Å². The maximum atomic E-state index is 5.70. The minimum absolute atomic E-state index is 1.12. The standard InChI is InChI=1S/C20H34O/c1-6-9-12-17-15-20(21-5)19(14-11-8-3)16(4)18(17)13-10-7-2/h15H,6-14H2,1-5H3. The van der Waals surface area contributed by atoms with Gasteiger partial charge in [0, 0.05) is 0 Å². The second-order valence-corrected chi connectivity index (χ2v) is 6.13. The van der Waals surface area contributed by atoms with Gasteiger partial charge in [-0.15, -0.1) is 0 Å². The maximum Gasteiger partial charge on any atom is 0.122 e. The lowest BCUT2D eigenvalue weighted by atomic mass is 9.88. The van der Waals surface area contributed by atoms with Crippen LogP contribution in [0.15, 0.2) is 6.07 Å². The summed E-state index contributed by atoms with van der Waals surface area (Å²) in [4.78, 5) is 0. The molecular formula is C20H34O. The van der Waals surface area contributed by atoms with E-state index in [-0.39, 0.29) is 0 Å². The lowest BCUT2D eigenvalue weighted by Gasteiger charge is -2.20. The van der Waals surface area contributed by atoms with Gasteiger partial charge in [-0.2, -0.15) is 0 Å². The summed E-state index contributed by atoms with van der Waals surface area (Å²) in [6.07, 6.45) is 11.2. The van der Waals surface area contributed by atoms with Gasteiger partial charge in [0.05, 0.1) is 7.11 Å². The van der Waals surface area contributed by atoms with Crippen molar-refractivity contribution in [2.75, 3.05) is 7.11 Å². The molecule has 21 heavy (non-hydrogen) atoms. The highest BCUT2D eigenvalue weighted by Gasteiger charge is 2.15. The smallest absolute Gasteiger partial charge is 0.122 e. The van der Waals surface area contributed by atoms with Gasteiger partial charge >= 0.3 is 0 Å². The molecule has 1 nitrogen and oxygen atoms in total. The molecule has 0 fully saturated rings. The van der Waals surface area contributed by atoms with E-state index < -0.39 is 0 Å². The number of hydrogen-bond acceptors (Lipinski definition) is 1. The largest absolute Gasteiger partial charge is 0.496 e. The van der Waals surface area contributed by atoms with Crippen LogP contribution >= 0.6 is 0 Å². The van der Waals surface area contributed by atoms with Gasteiger partial charge in [0.15, 0.2) is 0 Å². The van der Waals surface area contributed by atoms with Crippen LogP contribution in [0.4, 0.5) is 0 Å². The molecule has 120 valence electrons. The number of benzene rings is 1. The first-order valence-electron chi connectivity index (χ1n) is 8.87. The van der Waals surface area contributed by atoms with Crippen molar-refractivity contribution in [1.29, 1.82) is 0 Å². The lowest BCUT2D eigenvalue weighted by molar-refractivity contribution is 0.407. The average Bonchev–Trinajstić information content (AvgIpc) is 2.50. The molecule has 0 heterocycles. The number of rotatable bonds is 10. The van der Waals surface area contributed by atoms with Crippen LogP contribution in [0.25, 0.3) is 0 Å². The molecule has 0 atom stereocenters. The maximum absolute atomic E-state index is 5.70. The van der Waals surface area contributed by atoms with Crippen LogP contribution in [-0.2, 0) is 19.3 Å². The van der Waals surface area contributed by atoms with Crippen molar-refractivity contribution < 1.29 is 4.74 Å². The van der Waals surface area contributed by atoms with Crippen LogP contribution in [0.5, 0.6) is 5.75 Å². The molecule has 1 rings (SSSR count). The Morgan fingerprint density at radius 2 is 1.33 bits per heavy atom. The highest BCUT2D eigenvalue weighted by atomic mass is 16.5. The minimum atomic E-state index is 1.12. The quantitative estimate of drug-likeness (QED) is 0.511. The molecule has 0 aliphatic heterocycles. The number of methoxy groups -OCH3 is 1. The van der Waals surface area contributed by atoms with Gasteiger partial charge in [-0.25, -0.2) is 0 Å². The van der Waals surface area contributed by atoms with Crippen molar-refractivity contribution in [3.8, 4) is 5.75 Å². The summed E-state index contributed by atoms with van der Waals surface area (Å²) in [6.45, 7) is 9.12. The van der Waals surface area contributed by atoms with E-state index >= 15 is 0 Å². The fourth-order valence-electron chi connectivity index (χ4n) is 3.08. The molecule has 0 aromatic heterocycles. The van der Waals surface area contributed by atoms with Crippen molar-refractivity contribution in [2.24, 2.45) is 0 Å². The summed E-state index contributed by atoms with van der Waals surface area (Å²) in [5.41, 5.74) is 6.09. The summed E-state index contributed by atoms with van der Waals surface area (Å²) in [7, 11) is 1.82. The van der Waals surface area contributed by atoms with Gasteiger partial charge in [0.1, 0.15) is 5.75 Å². The lowest BCUT2D eigenvalue weighted by Crippen LogP contribution is -2.05. The van der Waals surface area contributed by atoms with Gasteiger partial charge in [-0.1, -0.05) is 40.0 Å². The topological polar surface area (TPSA) is 9.23 Å². The molecule has 0 unspecified atom stereocenters. The van der Waals surface area contributed by atoms with Gasteiger partial charge in [-0.05, 0) is 73.8 Å². The Labute approximate surface area is 132 Å². The number of hydrogen-bond donors (Lipinski definition) is 0. The summed E-state index contributed by atoms with van der Waals surface area (Å²) < 4.78 is 5.70. The van der Waals surface area contributed by atoms with Crippen molar-refractivity contribution >= 4 is 0 Å². The molecule has 1 aromatic carbocycles. The molecule has 0 amide bonds. The molecule has 0 radical (unpaired) electrons. The van der Waals surface area contributed by atoms with E-state index in [1.54, 1.807) is 5.56 Å². The zero-order valence-electron chi connectivity index (χ0n) is 14.8. The first kappa shape index (κ1) is 18.1. The Kier molecular flexibility index (Phi) is 8.49. The summed E-state index contributed by atoms with van der Waals surface area (Å²) in [6, 6.07) is 2.33. The van der Waals surface area contributed by atoms with E-state index in [2.05, 4.69) is 33.8 Å². The van der Waals surface area contributed by atoms with E-state index in [9.17, 15) is 0 Å². The molecule has 0 spiro atoms. The van der Waals surface area contributed by atoms with Crippen LogP contribution in [0.2, 0.25) is 0 Å². The van der Waals surface area contributed by atoms with Crippen LogP contribution in [0, 0.1) is 6.92 Å². The van der Waals surface area contributed by atoms with Crippen LogP contribution in [-0.4, -0.2) is 7.11 Å². The minimum Gasteiger partial charge on any atom is -0.496 e. The highest BCUT2D eigenvalue weighted by molar-refractivity contribution is 5.49. The monoisotopic (exact) mass is 290 g/mol. The zero-order valence-corrected chi connectivity index (χ0v) is 14.8. The van der Waals surface area contributed by atoms with E-state index in [0.29, 0.717) is 0 Å². The van der Waals surface area contributed by atoms with Gasteiger partial charge < -0.3 is 4.74 Å². The fourth-order valence-corrected chi connectivity index (χ4v) is 3.08. The van der Waals surface area contributed by atoms with Crippen molar-refractivity contribution in [3.05, 3.63) is 28.3 Å². The molecule has 0 bridgehead atoms. The summed E-state index contributed by atoms with van der Waals surface area (Å²) in [5.74, 6) is 1.12. The molecule has 0 saturated carbocycles. The summed E-state index contributed by atoms with van der Waals surface area (Å²) in [5, 5.41) is 0. The average molecular weight is 290 g/mol. The van der Waals surface area contributed by atoms with E-state index in [1.165, 1.54) is 68.1 Å². The molecule has 0 saturated heterocycles. The second kappa shape index (κ2) is 9.87. The fraction of sp³-hybridized carbons (Fsp3) is 0.700. The van der Waals surface area contributed by atoms with Crippen molar-refractivity contribution in [2.45, 2.75) is 85.5 Å². The Balaban J connectivity index is 3.19. The Hall–Kier alpha value is -0.980. The van der Waals surface area contributed by atoms with E-state index in [4.69, 9.17) is 4.74 Å². The second-order valence-electron chi connectivity index (χ2n) is 6.13. The Morgan fingerprint density at radius 3 is 1.86 bits per heavy atom.